The molecule has 0 aromatic rings. The number of likely N-dealkylation sites (tertiary alicyclic amines) is 1. The van der Waals surface area contributed by atoms with Gasteiger partial charge in [0.15, 0.2) is 0 Å². The molecule has 1 aliphatic heterocycles. The van der Waals surface area contributed by atoms with Gasteiger partial charge < -0.3 is 15.4 Å². The lowest BCUT2D eigenvalue weighted by atomic mass is 10.2. The highest BCUT2D eigenvalue weighted by atomic mass is 16.5. The molecule has 1 atom stereocenters. The van der Waals surface area contributed by atoms with Crippen LogP contribution in [0.1, 0.15) is 19.8 Å². The fourth-order valence-electron chi connectivity index (χ4n) is 2.02. The number of likely N-dealkylation sites (N-methyl/N-ethyl adjacent to an activating group) is 1. The minimum absolute atomic E-state index is 0.175. The molecule has 1 rings (SSSR count). The summed E-state index contributed by atoms with van der Waals surface area (Å²) >= 11 is 0. The van der Waals surface area contributed by atoms with Gasteiger partial charge in [-0.3, -0.25) is 9.69 Å². The second-order valence-electron chi connectivity index (χ2n) is 4.22. The van der Waals surface area contributed by atoms with Gasteiger partial charge in [0, 0.05) is 20.1 Å². The largest absolute Gasteiger partial charge is 0.450 e. The van der Waals surface area contributed by atoms with Crippen LogP contribution >= 0.6 is 0 Å². The maximum Gasteiger partial charge on any atom is 0.409 e. The third-order valence-corrected chi connectivity index (χ3v) is 2.99. The van der Waals surface area contributed by atoms with Crippen molar-refractivity contribution in [2.75, 3.05) is 33.3 Å². The van der Waals surface area contributed by atoms with E-state index in [2.05, 4.69) is 0 Å². The van der Waals surface area contributed by atoms with Crippen molar-refractivity contribution in [3.8, 4) is 0 Å². The van der Waals surface area contributed by atoms with E-state index >= 15 is 0 Å². The lowest BCUT2D eigenvalue weighted by Gasteiger charge is -2.24. The lowest BCUT2D eigenvalue weighted by Crippen LogP contribution is -2.44. The van der Waals surface area contributed by atoms with Crippen molar-refractivity contribution in [3.63, 3.8) is 0 Å². The van der Waals surface area contributed by atoms with Gasteiger partial charge in [0.1, 0.15) is 0 Å². The van der Waals surface area contributed by atoms with E-state index in [1.54, 1.807) is 14.0 Å². The van der Waals surface area contributed by atoms with Crippen LogP contribution in [-0.2, 0) is 9.53 Å². The number of hydrogen-bond donors (Lipinski definition) is 1. The van der Waals surface area contributed by atoms with E-state index < -0.39 is 0 Å². The van der Waals surface area contributed by atoms with Crippen molar-refractivity contribution in [2.45, 2.75) is 25.8 Å². The molecular weight excluding hydrogens is 222 g/mol. The number of ether oxygens (including phenoxy) is 1. The predicted octanol–water partition coefficient (Wildman–Crippen LogP) is 0.0244. The Balaban J connectivity index is 2.34. The maximum atomic E-state index is 11.4. The van der Waals surface area contributed by atoms with Crippen molar-refractivity contribution < 1.29 is 14.3 Å². The smallest absolute Gasteiger partial charge is 0.409 e. The van der Waals surface area contributed by atoms with Crippen LogP contribution in [0.25, 0.3) is 0 Å². The topological polar surface area (TPSA) is 75.9 Å². The molecule has 1 aliphatic rings. The van der Waals surface area contributed by atoms with Crippen LogP contribution in [0.3, 0.4) is 0 Å². The van der Waals surface area contributed by atoms with Crippen LogP contribution in [0.5, 0.6) is 0 Å². The molecule has 0 aromatic heterocycles. The van der Waals surface area contributed by atoms with E-state index in [4.69, 9.17) is 10.5 Å². The van der Waals surface area contributed by atoms with Crippen LogP contribution in [-0.4, -0.2) is 61.1 Å². The number of amides is 2. The van der Waals surface area contributed by atoms with Gasteiger partial charge in [0.2, 0.25) is 5.91 Å². The van der Waals surface area contributed by atoms with Crippen LogP contribution in [0.4, 0.5) is 4.79 Å². The Labute approximate surface area is 102 Å². The van der Waals surface area contributed by atoms with Crippen LogP contribution in [0.2, 0.25) is 0 Å². The summed E-state index contributed by atoms with van der Waals surface area (Å²) in [7, 11) is 1.69. The summed E-state index contributed by atoms with van der Waals surface area (Å²) in [5.74, 6) is -0.277. The van der Waals surface area contributed by atoms with Crippen LogP contribution < -0.4 is 5.73 Å². The first-order chi connectivity index (χ1) is 8.06. The van der Waals surface area contributed by atoms with Gasteiger partial charge in [-0.05, 0) is 26.3 Å². The molecule has 0 aliphatic carbocycles. The summed E-state index contributed by atoms with van der Waals surface area (Å²) in [6.45, 7) is 4.21. The molecule has 6 nitrogen and oxygen atoms in total. The molecule has 98 valence electrons. The average Bonchev–Trinajstić information content (AvgIpc) is 2.74. The molecule has 0 radical (unpaired) electrons. The van der Waals surface area contributed by atoms with Gasteiger partial charge in [-0.1, -0.05) is 0 Å². The van der Waals surface area contributed by atoms with Gasteiger partial charge >= 0.3 is 6.09 Å². The Hall–Kier alpha value is -1.30. The first-order valence-electron chi connectivity index (χ1n) is 5.97. The highest BCUT2D eigenvalue weighted by molar-refractivity contribution is 5.80. The number of hydrogen-bond acceptors (Lipinski definition) is 4. The highest BCUT2D eigenvalue weighted by Crippen LogP contribution is 2.16. The predicted molar refractivity (Wildman–Crippen MR) is 63.4 cm³/mol. The molecule has 1 fully saturated rings. The van der Waals surface area contributed by atoms with E-state index in [0.29, 0.717) is 19.7 Å². The summed E-state index contributed by atoms with van der Waals surface area (Å²) in [5, 5.41) is 0. The number of nitrogens with two attached hydrogens (primary N) is 1. The third kappa shape index (κ3) is 3.89. The second-order valence-corrected chi connectivity index (χ2v) is 4.22. The zero-order valence-electron chi connectivity index (χ0n) is 10.5. The minimum Gasteiger partial charge on any atom is -0.450 e. The fourth-order valence-corrected chi connectivity index (χ4v) is 2.02. The van der Waals surface area contributed by atoms with Crippen LogP contribution in [0.15, 0.2) is 0 Å². The van der Waals surface area contributed by atoms with Gasteiger partial charge in [-0.2, -0.15) is 0 Å². The number of rotatable bonds is 5. The van der Waals surface area contributed by atoms with Crippen molar-refractivity contribution in [3.05, 3.63) is 0 Å². The quantitative estimate of drug-likeness (QED) is 0.739. The molecule has 2 N–H and O–H groups in total. The zero-order chi connectivity index (χ0) is 12.8. The van der Waals surface area contributed by atoms with Crippen molar-refractivity contribution in [1.29, 1.82) is 0 Å². The zero-order valence-corrected chi connectivity index (χ0v) is 10.5. The molecule has 0 spiro atoms. The normalized spacial score (nSPS) is 20.2. The van der Waals surface area contributed by atoms with Crippen molar-refractivity contribution in [2.24, 2.45) is 5.73 Å². The lowest BCUT2D eigenvalue weighted by molar-refractivity contribution is -0.122. The first-order valence-corrected chi connectivity index (χ1v) is 5.97. The van der Waals surface area contributed by atoms with E-state index in [1.807, 2.05) is 4.90 Å². The molecule has 6 heteroatoms. The molecule has 1 saturated heterocycles. The summed E-state index contributed by atoms with van der Waals surface area (Å²) < 4.78 is 4.87. The number of carbonyl (C=O) groups is 2. The Bertz CT molecular complexity index is 283. The summed E-state index contributed by atoms with van der Waals surface area (Å²) in [6.07, 6.45) is 1.47. The monoisotopic (exact) mass is 243 g/mol. The number of primary amides is 1. The maximum absolute atomic E-state index is 11.4. The first kappa shape index (κ1) is 13.8. The molecule has 17 heavy (non-hydrogen) atoms. The van der Waals surface area contributed by atoms with E-state index in [-0.39, 0.29) is 18.0 Å². The second kappa shape index (κ2) is 6.44. The summed E-state index contributed by atoms with van der Waals surface area (Å²) in [4.78, 5) is 26.1. The summed E-state index contributed by atoms with van der Waals surface area (Å²) in [6, 6.07) is -0.175. The molecule has 2 amide bonds. The van der Waals surface area contributed by atoms with Gasteiger partial charge in [0.05, 0.1) is 12.6 Å². The SMILES string of the molecule is CCOC(=O)N(C)CCN1CCC[C@H]1C(N)=O. The third-order valence-electron chi connectivity index (χ3n) is 2.99. The molecule has 1 heterocycles. The van der Waals surface area contributed by atoms with Gasteiger partial charge in [-0.15, -0.1) is 0 Å². The van der Waals surface area contributed by atoms with E-state index in [9.17, 15) is 9.59 Å². The Kier molecular flexibility index (Phi) is 5.21. The van der Waals surface area contributed by atoms with Gasteiger partial charge in [-0.25, -0.2) is 4.79 Å². The molecule has 0 saturated carbocycles. The van der Waals surface area contributed by atoms with Crippen molar-refractivity contribution in [1.82, 2.24) is 9.80 Å². The van der Waals surface area contributed by atoms with Gasteiger partial charge in [0.25, 0.3) is 0 Å². The van der Waals surface area contributed by atoms with E-state index in [0.717, 1.165) is 19.4 Å². The number of nitrogens with zero attached hydrogens (tertiary/aromatic N) is 2. The molecule has 0 bridgehead atoms. The average molecular weight is 243 g/mol. The van der Waals surface area contributed by atoms with Crippen LogP contribution in [0, 0.1) is 0 Å². The van der Waals surface area contributed by atoms with E-state index in [1.165, 1.54) is 4.90 Å². The summed E-state index contributed by atoms with van der Waals surface area (Å²) in [5.41, 5.74) is 5.32. The molecule has 0 unspecified atom stereocenters. The number of carbonyl (C=O) groups excluding carboxylic acids is 2. The Morgan fingerprint density at radius 1 is 1.53 bits per heavy atom. The Morgan fingerprint density at radius 2 is 2.24 bits per heavy atom. The molecular formula is C11H21N3O3. The molecule has 0 aromatic carbocycles. The fraction of sp³-hybridized carbons (Fsp3) is 0.818. The van der Waals surface area contributed by atoms with Crippen molar-refractivity contribution >= 4 is 12.0 Å². The Morgan fingerprint density at radius 3 is 2.82 bits per heavy atom. The minimum atomic E-state index is -0.331. The highest BCUT2D eigenvalue weighted by Gasteiger charge is 2.28. The standard InChI is InChI=1S/C11H21N3O3/c1-3-17-11(16)13(2)7-8-14-6-4-5-9(14)10(12)15/h9H,3-8H2,1-2H3,(H2,12,15)/t9-/m0/s1.